The Morgan fingerprint density at radius 2 is 1.61 bits per heavy atom. The van der Waals surface area contributed by atoms with Crippen LogP contribution < -0.4 is 5.32 Å². The first kappa shape index (κ1) is 15.0. The van der Waals surface area contributed by atoms with Crippen LogP contribution in [0, 0.1) is 0 Å². The summed E-state index contributed by atoms with van der Waals surface area (Å²) in [4.78, 5) is 16.7. The Bertz CT molecular complexity index is 742. The SMILES string of the molecule is O=C(CC(Nc1ccccc1)c1cccnc1)c1ccccc1. The van der Waals surface area contributed by atoms with Crippen LogP contribution in [-0.2, 0) is 0 Å². The second-order valence-electron chi connectivity index (χ2n) is 5.34. The van der Waals surface area contributed by atoms with Gasteiger partial charge in [0.15, 0.2) is 5.78 Å². The number of Topliss-reactive ketones (excluding diaryl/α,β-unsaturated/α-hetero) is 1. The average molecular weight is 302 g/mol. The van der Waals surface area contributed by atoms with Crippen LogP contribution in [0.4, 0.5) is 5.69 Å². The van der Waals surface area contributed by atoms with E-state index < -0.39 is 0 Å². The molecule has 0 amide bonds. The van der Waals surface area contributed by atoms with Crippen LogP contribution in [0.2, 0.25) is 0 Å². The van der Waals surface area contributed by atoms with Gasteiger partial charge in [-0.1, -0.05) is 54.6 Å². The number of anilines is 1. The summed E-state index contributed by atoms with van der Waals surface area (Å²) in [5, 5.41) is 3.44. The zero-order chi connectivity index (χ0) is 15.9. The van der Waals surface area contributed by atoms with Gasteiger partial charge in [0.05, 0.1) is 6.04 Å². The van der Waals surface area contributed by atoms with E-state index >= 15 is 0 Å². The first-order valence-electron chi connectivity index (χ1n) is 7.63. The number of rotatable bonds is 6. The summed E-state index contributed by atoms with van der Waals surface area (Å²) in [6, 6.07) is 23.1. The van der Waals surface area contributed by atoms with Gasteiger partial charge in [0.25, 0.3) is 0 Å². The standard InChI is InChI=1S/C20H18N2O/c23-20(16-8-3-1-4-9-16)14-19(17-10-7-13-21-15-17)22-18-11-5-2-6-12-18/h1-13,15,19,22H,14H2. The first-order valence-corrected chi connectivity index (χ1v) is 7.63. The molecule has 3 heteroatoms. The number of pyridine rings is 1. The normalized spacial score (nSPS) is 11.7. The Kier molecular flexibility index (Phi) is 4.79. The van der Waals surface area contributed by atoms with Crippen LogP contribution in [0.1, 0.15) is 28.4 Å². The minimum atomic E-state index is -0.112. The molecular formula is C20H18N2O. The van der Waals surface area contributed by atoms with Gasteiger partial charge in [0, 0.05) is 30.1 Å². The van der Waals surface area contributed by atoms with Crippen molar-refractivity contribution in [3.05, 3.63) is 96.3 Å². The van der Waals surface area contributed by atoms with Crippen molar-refractivity contribution in [2.75, 3.05) is 5.32 Å². The number of ketones is 1. The fraction of sp³-hybridized carbons (Fsp3) is 0.100. The number of nitrogens with one attached hydrogen (secondary N) is 1. The number of carbonyl (C=O) groups is 1. The summed E-state index contributed by atoms with van der Waals surface area (Å²) in [6.07, 6.45) is 3.92. The predicted molar refractivity (Wildman–Crippen MR) is 92.4 cm³/mol. The minimum absolute atomic E-state index is 0.112. The Morgan fingerprint density at radius 3 is 2.26 bits per heavy atom. The van der Waals surface area contributed by atoms with Crippen LogP contribution in [0.25, 0.3) is 0 Å². The molecule has 1 heterocycles. The lowest BCUT2D eigenvalue weighted by atomic mass is 9.98. The molecule has 1 unspecified atom stereocenters. The van der Waals surface area contributed by atoms with Gasteiger partial charge < -0.3 is 5.32 Å². The highest BCUT2D eigenvalue weighted by Crippen LogP contribution is 2.23. The molecule has 3 aromatic rings. The lowest BCUT2D eigenvalue weighted by molar-refractivity contribution is 0.0976. The van der Waals surface area contributed by atoms with E-state index in [-0.39, 0.29) is 11.8 Å². The minimum Gasteiger partial charge on any atom is -0.378 e. The van der Waals surface area contributed by atoms with Crippen molar-refractivity contribution in [3.8, 4) is 0 Å². The van der Waals surface area contributed by atoms with E-state index in [0.717, 1.165) is 16.8 Å². The third kappa shape index (κ3) is 4.04. The van der Waals surface area contributed by atoms with Crippen molar-refractivity contribution in [1.82, 2.24) is 4.98 Å². The van der Waals surface area contributed by atoms with Gasteiger partial charge in [-0.15, -0.1) is 0 Å². The van der Waals surface area contributed by atoms with Gasteiger partial charge >= 0.3 is 0 Å². The summed E-state index contributed by atoms with van der Waals surface area (Å²) in [6.45, 7) is 0. The molecular weight excluding hydrogens is 284 g/mol. The molecule has 114 valence electrons. The van der Waals surface area contributed by atoms with E-state index in [9.17, 15) is 4.79 Å². The molecule has 1 atom stereocenters. The molecule has 0 aliphatic carbocycles. The molecule has 0 fully saturated rings. The quantitative estimate of drug-likeness (QED) is 0.681. The van der Waals surface area contributed by atoms with Crippen molar-refractivity contribution in [1.29, 1.82) is 0 Å². The fourth-order valence-electron chi connectivity index (χ4n) is 2.50. The highest BCUT2D eigenvalue weighted by atomic mass is 16.1. The van der Waals surface area contributed by atoms with Crippen molar-refractivity contribution in [3.63, 3.8) is 0 Å². The Labute approximate surface area is 136 Å². The van der Waals surface area contributed by atoms with Gasteiger partial charge in [-0.25, -0.2) is 0 Å². The van der Waals surface area contributed by atoms with Crippen LogP contribution in [0.3, 0.4) is 0 Å². The Morgan fingerprint density at radius 1 is 0.913 bits per heavy atom. The summed E-state index contributed by atoms with van der Waals surface area (Å²) in [5.41, 5.74) is 2.72. The van der Waals surface area contributed by atoms with E-state index in [1.807, 2.05) is 72.8 Å². The highest BCUT2D eigenvalue weighted by molar-refractivity contribution is 5.96. The second kappa shape index (κ2) is 7.36. The molecule has 0 spiro atoms. The van der Waals surface area contributed by atoms with E-state index in [1.54, 1.807) is 12.4 Å². The maximum atomic E-state index is 12.6. The first-order chi connectivity index (χ1) is 11.3. The fourth-order valence-corrected chi connectivity index (χ4v) is 2.50. The van der Waals surface area contributed by atoms with Crippen LogP contribution >= 0.6 is 0 Å². The summed E-state index contributed by atoms with van der Waals surface area (Å²) in [7, 11) is 0. The smallest absolute Gasteiger partial charge is 0.165 e. The number of benzene rings is 2. The number of hydrogen-bond donors (Lipinski definition) is 1. The van der Waals surface area contributed by atoms with Gasteiger partial charge in [-0.3, -0.25) is 9.78 Å². The number of carbonyl (C=O) groups excluding carboxylic acids is 1. The third-order valence-electron chi connectivity index (χ3n) is 3.69. The second-order valence-corrected chi connectivity index (χ2v) is 5.34. The van der Waals surface area contributed by atoms with Crippen LogP contribution in [0.5, 0.6) is 0 Å². The molecule has 3 nitrogen and oxygen atoms in total. The van der Waals surface area contributed by atoms with Crippen LogP contribution in [-0.4, -0.2) is 10.8 Å². The molecule has 2 aromatic carbocycles. The largest absolute Gasteiger partial charge is 0.378 e. The van der Waals surface area contributed by atoms with Gasteiger partial charge in [-0.2, -0.15) is 0 Å². The van der Waals surface area contributed by atoms with E-state index in [4.69, 9.17) is 0 Å². The molecule has 23 heavy (non-hydrogen) atoms. The van der Waals surface area contributed by atoms with Gasteiger partial charge in [-0.05, 0) is 23.8 Å². The number of aromatic nitrogens is 1. The maximum absolute atomic E-state index is 12.6. The molecule has 0 aliphatic heterocycles. The van der Waals surface area contributed by atoms with E-state index in [1.165, 1.54) is 0 Å². The average Bonchev–Trinajstić information content (AvgIpc) is 2.63. The maximum Gasteiger partial charge on any atom is 0.165 e. The Balaban J connectivity index is 1.82. The molecule has 0 bridgehead atoms. The van der Waals surface area contributed by atoms with Gasteiger partial charge in [0.2, 0.25) is 0 Å². The highest BCUT2D eigenvalue weighted by Gasteiger charge is 2.17. The zero-order valence-electron chi connectivity index (χ0n) is 12.7. The lowest BCUT2D eigenvalue weighted by Gasteiger charge is -2.19. The summed E-state index contributed by atoms with van der Waals surface area (Å²) >= 11 is 0. The van der Waals surface area contributed by atoms with Crippen molar-refractivity contribution >= 4 is 11.5 Å². The summed E-state index contributed by atoms with van der Waals surface area (Å²) in [5.74, 6) is 0.114. The summed E-state index contributed by atoms with van der Waals surface area (Å²) < 4.78 is 0. The van der Waals surface area contributed by atoms with Crippen molar-refractivity contribution < 1.29 is 4.79 Å². The molecule has 0 aliphatic rings. The van der Waals surface area contributed by atoms with Crippen LogP contribution in [0.15, 0.2) is 85.2 Å². The molecule has 1 aromatic heterocycles. The molecule has 0 saturated carbocycles. The molecule has 1 N–H and O–H groups in total. The predicted octanol–water partition coefficient (Wildman–Crippen LogP) is 4.51. The van der Waals surface area contributed by atoms with E-state index in [0.29, 0.717) is 6.42 Å². The molecule has 0 saturated heterocycles. The molecule has 0 radical (unpaired) electrons. The van der Waals surface area contributed by atoms with E-state index in [2.05, 4.69) is 10.3 Å². The van der Waals surface area contributed by atoms with Gasteiger partial charge in [0.1, 0.15) is 0 Å². The lowest BCUT2D eigenvalue weighted by Crippen LogP contribution is -2.16. The number of nitrogens with zero attached hydrogens (tertiary/aromatic N) is 1. The van der Waals surface area contributed by atoms with Crippen molar-refractivity contribution in [2.24, 2.45) is 0 Å². The monoisotopic (exact) mass is 302 g/mol. The topological polar surface area (TPSA) is 42.0 Å². The number of para-hydroxylation sites is 1. The Hall–Kier alpha value is -2.94. The zero-order valence-corrected chi connectivity index (χ0v) is 12.7. The van der Waals surface area contributed by atoms with Crippen molar-refractivity contribution in [2.45, 2.75) is 12.5 Å². The molecule has 3 rings (SSSR count). The third-order valence-corrected chi connectivity index (χ3v) is 3.69. The number of hydrogen-bond acceptors (Lipinski definition) is 3.